The first kappa shape index (κ1) is 22.6. The monoisotopic (exact) mass is 520 g/mol. The predicted octanol–water partition coefficient (Wildman–Crippen LogP) is 8.11. The van der Waals surface area contributed by atoms with Gasteiger partial charge in [0.25, 0.3) is 0 Å². The van der Waals surface area contributed by atoms with E-state index < -0.39 is 18.4 Å². The van der Waals surface area contributed by atoms with Crippen LogP contribution in [0.5, 0.6) is 0 Å². The van der Waals surface area contributed by atoms with Crippen molar-refractivity contribution in [1.29, 1.82) is 0 Å². The number of carbonyl (C=O) groups is 1. The van der Waals surface area contributed by atoms with Gasteiger partial charge in [-0.3, -0.25) is 0 Å². The van der Waals surface area contributed by atoms with E-state index in [4.69, 9.17) is 0 Å². The molecule has 0 saturated carbocycles. The molecule has 3 aromatic carbocycles. The Labute approximate surface area is 192 Å². The Hall–Kier alpha value is -1.61. The first-order valence-electron chi connectivity index (χ1n) is 12.4. The third-order valence-electron chi connectivity index (χ3n) is 7.35. The number of benzene rings is 3. The molecule has 4 rings (SSSR count). The normalized spacial score (nSPS) is 12.9. The summed E-state index contributed by atoms with van der Waals surface area (Å²) in [6, 6.07) is 19.5. The van der Waals surface area contributed by atoms with E-state index in [0.717, 1.165) is 16.7 Å². The molecule has 0 bridgehead atoms. The molecule has 2 heteroatoms. The summed E-state index contributed by atoms with van der Waals surface area (Å²) in [5.74, 6) is 0.197. The first-order valence-corrected chi connectivity index (χ1v) is 19.8. The van der Waals surface area contributed by atoms with E-state index in [1.54, 1.807) is 3.58 Å². The number of hydrogen-bond donors (Lipinski definition) is 0. The van der Waals surface area contributed by atoms with Crippen LogP contribution in [0.4, 0.5) is 0 Å². The van der Waals surface area contributed by atoms with Crippen molar-refractivity contribution in [1.82, 2.24) is 0 Å². The van der Waals surface area contributed by atoms with E-state index in [1.807, 2.05) is 12.1 Å². The third-order valence-corrected chi connectivity index (χ3v) is 23.1. The minimum absolute atomic E-state index is 0.197. The van der Waals surface area contributed by atoms with Crippen LogP contribution in [0.1, 0.15) is 75.2 Å². The van der Waals surface area contributed by atoms with Crippen molar-refractivity contribution in [2.45, 2.75) is 72.6 Å². The van der Waals surface area contributed by atoms with E-state index in [9.17, 15) is 4.79 Å². The van der Waals surface area contributed by atoms with Crippen molar-refractivity contribution in [2.75, 3.05) is 0 Å². The molecule has 0 atom stereocenters. The van der Waals surface area contributed by atoms with Crippen molar-refractivity contribution < 1.29 is 4.79 Å². The number of carbonyl (C=O) groups excluding carboxylic acids is 1. The number of rotatable bonds is 10. The van der Waals surface area contributed by atoms with Crippen LogP contribution in [0.15, 0.2) is 54.6 Å². The van der Waals surface area contributed by atoms with Gasteiger partial charge >= 0.3 is 193 Å². The van der Waals surface area contributed by atoms with E-state index in [1.165, 1.54) is 68.2 Å². The van der Waals surface area contributed by atoms with Crippen molar-refractivity contribution >= 4 is 38.5 Å². The van der Waals surface area contributed by atoms with Crippen LogP contribution < -0.4 is 3.58 Å². The van der Waals surface area contributed by atoms with E-state index in [2.05, 4.69) is 63.2 Å². The zero-order valence-corrected chi connectivity index (χ0v) is 22.3. The van der Waals surface area contributed by atoms with Crippen molar-refractivity contribution in [3.8, 4) is 11.1 Å². The number of unbranched alkanes of at least 4 members (excludes halogenated alkanes) is 3. The van der Waals surface area contributed by atoms with Crippen LogP contribution in [0.2, 0.25) is 13.3 Å². The molecule has 0 N–H and O–H groups in total. The second kappa shape index (κ2) is 9.90. The topological polar surface area (TPSA) is 17.1 Å². The fourth-order valence-corrected chi connectivity index (χ4v) is 22.4. The molecule has 31 heavy (non-hydrogen) atoms. The van der Waals surface area contributed by atoms with Gasteiger partial charge in [-0.15, -0.1) is 0 Å². The number of fused-ring (bicyclic) bond motifs is 2. The van der Waals surface area contributed by atoms with Crippen LogP contribution in [-0.2, 0) is 0 Å². The Morgan fingerprint density at radius 2 is 1.19 bits per heavy atom. The molecule has 162 valence electrons. The summed E-state index contributed by atoms with van der Waals surface area (Å²) >= 11 is -2.61. The predicted molar refractivity (Wildman–Crippen MR) is 137 cm³/mol. The van der Waals surface area contributed by atoms with Gasteiger partial charge in [0.05, 0.1) is 0 Å². The molecule has 0 heterocycles. The molecule has 0 spiro atoms. The average Bonchev–Trinajstić information content (AvgIpc) is 2.82. The fourth-order valence-electron chi connectivity index (χ4n) is 5.67. The van der Waals surface area contributed by atoms with Crippen LogP contribution in [0.25, 0.3) is 21.9 Å². The Balaban J connectivity index is 1.97. The first-order chi connectivity index (χ1) is 15.2. The molecule has 1 aliphatic rings. The van der Waals surface area contributed by atoms with Gasteiger partial charge < -0.3 is 0 Å². The van der Waals surface area contributed by atoms with Gasteiger partial charge in [0.1, 0.15) is 0 Å². The molecule has 1 nitrogen and oxygen atoms in total. The van der Waals surface area contributed by atoms with Gasteiger partial charge in [0, 0.05) is 0 Å². The van der Waals surface area contributed by atoms with Gasteiger partial charge in [-0.2, -0.15) is 0 Å². The molecule has 1 aliphatic carbocycles. The second-order valence-corrected chi connectivity index (χ2v) is 22.5. The van der Waals surface area contributed by atoms with Crippen LogP contribution >= 0.6 is 0 Å². The van der Waals surface area contributed by atoms with E-state index >= 15 is 0 Å². The Kier molecular flexibility index (Phi) is 7.21. The third kappa shape index (κ3) is 4.11. The standard InChI is InChI=1S/C17H9O.3C4H9.Sn/c18-17-14-8-2-1-7-12(14)13-9-3-5-11-6-4-10-15(17)16(11)13;3*1-3-4-2;/h1-4,6-10H;3*1,3-4H2,2H3;. The van der Waals surface area contributed by atoms with Gasteiger partial charge in [-0.25, -0.2) is 0 Å². The van der Waals surface area contributed by atoms with Crippen molar-refractivity contribution in [3.63, 3.8) is 0 Å². The summed E-state index contributed by atoms with van der Waals surface area (Å²) in [6.45, 7) is 7.01. The van der Waals surface area contributed by atoms with Crippen molar-refractivity contribution in [3.05, 3.63) is 65.7 Å². The van der Waals surface area contributed by atoms with Gasteiger partial charge in [0.2, 0.25) is 0 Å². The van der Waals surface area contributed by atoms with Crippen LogP contribution in [-0.4, -0.2) is 24.2 Å². The molecular formula is C29H36OSn. The Morgan fingerprint density at radius 1 is 0.613 bits per heavy atom. The van der Waals surface area contributed by atoms with Crippen LogP contribution in [0.3, 0.4) is 0 Å². The summed E-state index contributed by atoms with van der Waals surface area (Å²) in [4.78, 5) is 13.4. The summed E-state index contributed by atoms with van der Waals surface area (Å²) in [5.41, 5.74) is 4.13. The molecule has 0 saturated heterocycles. The van der Waals surface area contributed by atoms with Gasteiger partial charge in [-0.1, -0.05) is 0 Å². The summed E-state index contributed by atoms with van der Waals surface area (Å²) in [7, 11) is 0. The number of ketones is 1. The van der Waals surface area contributed by atoms with E-state index in [-0.39, 0.29) is 5.78 Å². The molecule has 0 amide bonds. The van der Waals surface area contributed by atoms with Gasteiger partial charge in [0.15, 0.2) is 0 Å². The second-order valence-electron chi connectivity index (χ2n) is 9.35. The summed E-state index contributed by atoms with van der Waals surface area (Å²) in [6.07, 6.45) is 7.91. The molecule has 0 aliphatic heterocycles. The summed E-state index contributed by atoms with van der Waals surface area (Å²) in [5, 5.41) is 2.63. The molecule has 3 aromatic rings. The molecule has 0 radical (unpaired) electrons. The minimum atomic E-state index is -2.61. The van der Waals surface area contributed by atoms with Gasteiger partial charge in [-0.05, 0) is 0 Å². The van der Waals surface area contributed by atoms with Crippen LogP contribution in [0, 0.1) is 0 Å². The maximum atomic E-state index is 13.4. The molecule has 0 fully saturated rings. The zero-order valence-electron chi connectivity index (χ0n) is 19.5. The zero-order chi connectivity index (χ0) is 21.8. The molecule has 0 unspecified atom stereocenters. The van der Waals surface area contributed by atoms with E-state index in [0.29, 0.717) is 0 Å². The fraction of sp³-hybridized carbons (Fsp3) is 0.414. The van der Waals surface area contributed by atoms with Crippen molar-refractivity contribution in [2.24, 2.45) is 0 Å². The number of hydrogen-bond acceptors (Lipinski definition) is 1. The summed E-state index contributed by atoms with van der Waals surface area (Å²) < 4.78 is 6.05. The quantitative estimate of drug-likeness (QED) is 0.194. The molecule has 0 aromatic heterocycles. The average molecular weight is 519 g/mol. The SMILES string of the molecule is CCC[CH2][Sn]([CH2]CCC)([CH2]CCC)[c]1ccc2c3c(cccc13)C(=O)c1ccccc1-2. The molecular weight excluding hydrogens is 483 g/mol. The Bertz CT molecular complexity index is 1060. The Morgan fingerprint density at radius 3 is 1.81 bits per heavy atom. The maximum absolute atomic E-state index is 13.4.